The van der Waals surface area contributed by atoms with E-state index < -0.39 is 73.5 Å². The summed E-state index contributed by atoms with van der Waals surface area (Å²) in [6.07, 6.45) is -0.963. The maximum absolute atomic E-state index is 13.1. The van der Waals surface area contributed by atoms with Gasteiger partial charge in [0.15, 0.2) is 5.75 Å². The zero-order chi connectivity index (χ0) is 28.1. The van der Waals surface area contributed by atoms with Gasteiger partial charge in [-0.2, -0.15) is 4.98 Å². The van der Waals surface area contributed by atoms with E-state index >= 15 is 0 Å². The molecule has 0 fully saturated rings. The number of ether oxygens (including phenoxy) is 2. The van der Waals surface area contributed by atoms with Crippen LogP contribution in [0.2, 0.25) is 0 Å². The first kappa shape index (κ1) is 6.93. The number of fused-ring (bicyclic) bond motifs is 1. The molecule has 2 heterocycles. The second-order valence-electron chi connectivity index (χ2n) is 4.66. The smallest absolute Gasteiger partial charge is 0.322 e. The van der Waals surface area contributed by atoms with E-state index in [1.165, 1.54) is 18.2 Å². The second kappa shape index (κ2) is 6.70. The summed E-state index contributed by atoms with van der Waals surface area (Å²) in [6, 6.07) is 4.04. The van der Waals surface area contributed by atoms with Crippen LogP contribution in [0, 0.1) is 13.7 Å². The van der Waals surface area contributed by atoms with Gasteiger partial charge in [0.25, 0.3) is 0 Å². The molecule has 1 aromatic carbocycles. The van der Waals surface area contributed by atoms with Crippen molar-refractivity contribution in [3.8, 4) is 11.5 Å². The molecular weight excluding hydrogens is 326 g/mol. The molecule has 1 atom stereocenters. The predicted molar refractivity (Wildman–Crippen MR) is 93.0 cm³/mol. The molecule has 3 aromatic rings. The Bertz CT molecular complexity index is 1300. The van der Waals surface area contributed by atoms with Crippen molar-refractivity contribution in [2.24, 2.45) is 0 Å². The number of methoxy groups -OCH3 is 2. The number of pyridine rings is 1. The maximum Gasteiger partial charge on any atom is 0.322 e. The average Bonchev–Trinajstić information content (AvgIpc) is 3.06. The highest BCUT2D eigenvalue weighted by Gasteiger charge is 2.21. The fourth-order valence-corrected chi connectivity index (χ4v) is 3.04. The first-order valence-electron chi connectivity index (χ1n) is 13.0. The number of aromatic amines is 1. The van der Waals surface area contributed by atoms with Gasteiger partial charge in [-0.05, 0) is 25.8 Å². The number of H-pyrrole nitrogens is 1. The van der Waals surface area contributed by atoms with E-state index in [9.17, 15) is 4.55 Å². The van der Waals surface area contributed by atoms with Crippen molar-refractivity contribution >= 4 is 22.2 Å². The normalized spacial score (nSPS) is 22.5. The van der Waals surface area contributed by atoms with E-state index in [0.717, 1.165) is 0 Å². The van der Waals surface area contributed by atoms with E-state index in [-0.39, 0.29) is 16.4 Å². The molecule has 2 aromatic heterocycles. The van der Waals surface area contributed by atoms with Crippen LogP contribution in [-0.4, -0.2) is 33.6 Å². The molecule has 7 heteroatoms. The van der Waals surface area contributed by atoms with Crippen molar-refractivity contribution in [3.05, 3.63) is 41.2 Å². The summed E-state index contributed by atoms with van der Waals surface area (Å²) < 4.78 is 121. The van der Waals surface area contributed by atoms with Crippen LogP contribution >= 0.6 is 0 Å². The lowest BCUT2D eigenvalue weighted by Gasteiger charge is -2.13. The van der Waals surface area contributed by atoms with Crippen molar-refractivity contribution in [2.75, 3.05) is 14.1 Å². The fourth-order valence-electron chi connectivity index (χ4n) is 2.02. The Morgan fingerprint density at radius 3 is 3.04 bits per heavy atom. The van der Waals surface area contributed by atoms with Gasteiger partial charge in [0, 0.05) is 42.8 Å². The lowest BCUT2D eigenvalue weighted by Crippen LogP contribution is -2.10. The van der Waals surface area contributed by atoms with Crippen LogP contribution in [0.25, 0.3) is 11.0 Å². The van der Waals surface area contributed by atoms with Crippen molar-refractivity contribution in [2.45, 2.75) is 24.6 Å². The molecule has 24 heavy (non-hydrogen) atoms. The molecule has 0 saturated heterocycles. The largest absolute Gasteiger partial charge is 0.609 e. The molecule has 0 aliphatic heterocycles. The summed E-state index contributed by atoms with van der Waals surface area (Å²) in [5.74, 6) is -1.80. The Hall–Kier alpha value is -2.25. The minimum atomic E-state index is -3.27. The van der Waals surface area contributed by atoms with Gasteiger partial charge in [0.1, 0.15) is 11.5 Å². The van der Waals surface area contributed by atoms with Crippen LogP contribution in [0.5, 0.6) is 11.5 Å². The Balaban J connectivity index is 2.10. The van der Waals surface area contributed by atoms with Crippen LogP contribution in [0.1, 0.15) is 34.6 Å². The number of hydrogen-bond donors (Lipinski definition) is 1. The topological polar surface area (TPSA) is 83.1 Å². The number of imidazole rings is 1. The molecule has 0 bridgehead atoms. The van der Waals surface area contributed by atoms with E-state index in [1.54, 1.807) is 0 Å². The molecule has 0 spiro atoms. The number of benzene rings is 1. The third-order valence-corrected chi connectivity index (χ3v) is 4.34. The Kier molecular flexibility index (Phi) is 1.94. The summed E-state index contributed by atoms with van der Waals surface area (Å²) in [5.41, 5.74) is -1.92. The van der Waals surface area contributed by atoms with Crippen molar-refractivity contribution in [3.63, 3.8) is 0 Å². The van der Waals surface area contributed by atoms with Crippen molar-refractivity contribution in [1.29, 1.82) is 0 Å². The molecule has 3 rings (SSSR count). The third-order valence-electron chi connectivity index (χ3n) is 3.18. The highest BCUT2D eigenvalue weighted by molar-refractivity contribution is 7.90. The first-order valence-corrected chi connectivity index (χ1v) is 7.78. The van der Waals surface area contributed by atoms with Crippen LogP contribution in [-0.2, 0) is 16.9 Å². The molecule has 0 saturated carbocycles. The molecule has 0 aliphatic carbocycles. The third kappa shape index (κ3) is 3.05. The van der Waals surface area contributed by atoms with Gasteiger partial charge in [-0.3, -0.25) is 9.97 Å². The zero-order valence-corrected chi connectivity index (χ0v) is 12.8. The molecule has 0 radical (unpaired) electrons. The lowest BCUT2D eigenvalue weighted by atomic mass is 10.1. The minimum absolute atomic E-state index is 0.0340. The van der Waals surface area contributed by atoms with Crippen LogP contribution < -0.4 is 9.47 Å². The summed E-state index contributed by atoms with van der Waals surface area (Å²) in [4.78, 5) is 10.6. The van der Waals surface area contributed by atoms with Crippen LogP contribution in [0.3, 0.4) is 0 Å². The highest BCUT2D eigenvalue weighted by Crippen LogP contribution is 2.27. The molecule has 6 nitrogen and oxygen atoms in total. The Morgan fingerprint density at radius 1 is 1.33 bits per heavy atom. The summed E-state index contributed by atoms with van der Waals surface area (Å²) in [5, 5.41) is -0.177. The lowest BCUT2D eigenvalue weighted by molar-refractivity contribution is 0.407. The number of hydrogen-bond acceptors (Lipinski definition) is 5. The number of aromatic nitrogens is 3. The predicted octanol–water partition coefficient (Wildman–Crippen LogP) is 2.90. The van der Waals surface area contributed by atoms with E-state index in [1.807, 2.05) is 0 Å². The first-order chi connectivity index (χ1) is 16.7. The van der Waals surface area contributed by atoms with Gasteiger partial charge >= 0.3 is 5.16 Å². The molecule has 0 unspecified atom stereocenters. The van der Waals surface area contributed by atoms with Crippen LogP contribution in [0.15, 0.2) is 29.5 Å². The standard InChI is InChI=1S/C17H19N3O3S/c1-10-8-18-15(11(2)16(10)23-4)9-24(21)17-19-13-6-5-12(22-3)7-14(13)20-17/h5-8H,9H2,1-4H3,(H,19,20)/t24-/m1/s1/i1D3,2D3,3D3,4D3,8D. The molecule has 0 amide bonds. The second-order valence-corrected chi connectivity index (χ2v) is 6.03. The minimum Gasteiger partial charge on any atom is -0.609 e. The summed E-state index contributed by atoms with van der Waals surface area (Å²) in [6.45, 7) is -6.30. The average molecular weight is 359 g/mol. The Labute approximate surface area is 161 Å². The monoisotopic (exact) mass is 358 g/mol. The fraction of sp³-hybridized carbons (Fsp3) is 0.294. The quantitative estimate of drug-likeness (QED) is 0.709. The van der Waals surface area contributed by atoms with E-state index in [0.29, 0.717) is 5.52 Å². The number of nitrogens with one attached hydrogen (secondary N) is 1. The molecule has 126 valence electrons. The summed E-state index contributed by atoms with van der Waals surface area (Å²) in [7, 11) is -5.98. The van der Waals surface area contributed by atoms with E-state index in [2.05, 4.69) is 15.0 Å². The Morgan fingerprint density at radius 2 is 2.25 bits per heavy atom. The maximum atomic E-state index is 13.1. The van der Waals surface area contributed by atoms with Gasteiger partial charge in [0.05, 0.1) is 40.4 Å². The SMILES string of the molecule is [2H]c1nc(C[S@@+]([O-])c2nc3cc(OC([2H])([2H])[2H])ccc3[nH]2)c(C([2H])([2H])[2H])c(OC([2H])([2H])[2H])c1C([2H])([2H])[2H]. The van der Waals surface area contributed by atoms with Crippen molar-refractivity contribution < 1.29 is 31.8 Å². The van der Waals surface area contributed by atoms with E-state index in [4.69, 9.17) is 27.3 Å². The molecule has 1 N–H and O–H groups in total. The molecular formula is C17H19N3O3S. The number of rotatable bonds is 5. The number of nitrogens with zero attached hydrogens (tertiary/aromatic N) is 2. The van der Waals surface area contributed by atoms with Crippen molar-refractivity contribution in [1.82, 2.24) is 15.0 Å². The zero-order valence-electron chi connectivity index (χ0n) is 25.0. The van der Waals surface area contributed by atoms with Gasteiger partial charge in [-0.25, -0.2) is 0 Å². The van der Waals surface area contributed by atoms with Crippen LogP contribution in [0.4, 0.5) is 0 Å². The highest BCUT2D eigenvalue weighted by atomic mass is 32.2. The van der Waals surface area contributed by atoms with Gasteiger partial charge in [-0.15, -0.1) is 0 Å². The molecule has 0 aliphatic rings. The van der Waals surface area contributed by atoms with Gasteiger partial charge in [0.2, 0.25) is 0 Å². The van der Waals surface area contributed by atoms with Gasteiger partial charge < -0.3 is 14.0 Å². The summed E-state index contributed by atoms with van der Waals surface area (Å²) >= 11 is -2.16. The van der Waals surface area contributed by atoms with Gasteiger partial charge in [-0.1, -0.05) is 0 Å².